The Bertz CT molecular complexity index is 646. The zero-order valence-electron chi connectivity index (χ0n) is 22.7. The summed E-state index contributed by atoms with van der Waals surface area (Å²) in [6.45, 7) is 22.1. The molecular formula is C24H47N3O6. The average molecular weight is 474 g/mol. The number of hydrogen-bond acceptors (Lipinski definition) is 6. The van der Waals surface area contributed by atoms with Gasteiger partial charge >= 0.3 is 18.3 Å². The molecule has 0 aromatic rings. The van der Waals surface area contributed by atoms with E-state index in [1.54, 1.807) is 62.3 Å². The standard InChI is InChI=1S/C24H47N3O6/c1-13-15(2)16(3)18(27-21(30)33-24(10,11)12)17(26-20(29)32-23(7,8)9)14-25-19(28)31-22(4,5)6/h15-18H,13-14H2,1-12H3,(H,25,28)(H,26,29)(H,27,30). The van der Waals surface area contributed by atoms with Crippen molar-refractivity contribution in [2.24, 2.45) is 11.8 Å². The number of alkyl carbamates (subject to hydrolysis) is 3. The normalized spacial score (nSPS) is 16.0. The number of carbonyl (C=O) groups excluding carboxylic acids is 3. The van der Waals surface area contributed by atoms with E-state index < -0.39 is 47.2 Å². The Morgan fingerprint density at radius 1 is 0.697 bits per heavy atom. The summed E-state index contributed by atoms with van der Waals surface area (Å²) in [6.07, 6.45) is -1.00. The first-order valence-electron chi connectivity index (χ1n) is 11.7. The lowest BCUT2D eigenvalue weighted by molar-refractivity contribution is 0.0373. The Morgan fingerprint density at radius 3 is 1.48 bits per heavy atom. The summed E-state index contributed by atoms with van der Waals surface area (Å²) in [6, 6.07) is -1.22. The van der Waals surface area contributed by atoms with Crippen molar-refractivity contribution >= 4 is 18.3 Å². The van der Waals surface area contributed by atoms with Crippen LogP contribution in [0, 0.1) is 11.8 Å². The average Bonchev–Trinajstić information content (AvgIpc) is 2.57. The summed E-state index contributed by atoms with van der Waals surface area (Å²) in [7, 11) is 0. The second kappa shape index (κ2) is 12.3. The van der Waals surface area contributed by atoms with Gasteiger partial charge in [0.05, 0.1) is 12.1 Å². The molecule has 0 fully saturated rings. The van der Waals surface area contributed by atoms with Gasteiger partial charge in [0.2, 0.25) is 0 Å². The van der Waals surface area contributed by atoms with Crippen molar-refractivity contribution in [3.8, 4) is 0 Å². The van der Waals surface area contributed by atoms with Gasteiger partial charge in [-0.15, -0.1) is 0 Å². The third-order valence-electron chi connectivity index (χ3n) is 4.79. The summed E-state index contributed by atoms with van der Waals surface area (Å²) in [5.41, 5.74) is -2.06. The predicted octanol–water partition coefficient (Wildman–Crippen LogP) is 4.98. The Kier molecular flexibility index (Phi) is 11.5. The Labute approximate surface area is 200 Å². The molecule has 0 radical (unpaired) electrons. The highest BCUT2D eigenvalue weighted by Gasteiger charge is 2.35. The lowest BCUT2D eigenvalue weighted by atomic mass is 9.83. The molecule has 0 aliphatic carbocycles. The quantitative estimate of drug-likeness (QED) is 0.428. The van der Waals surface area contributed by atoms with Gasteiger partial charge in [-0.25, -0.2) is 14.4 Å². The Balaban J connectivity index is 5.85. The number of ether oxygens (including phenoxy) is 3. The molecule has 4 atom stereocenters. The fourth-order valence-electron chi connectivity index (χ4n) is 3.00. The number of rotatable bonds is 8. The summed E-state index contributed by atoms with van der Waals surface area (Å²) in [5, 5.41) is 8.42. The fourth-order valence-corrected chi connectivity index (χ4v) is 3.00. The highest BCUT2D eigenvalue weighted by atomic mass is 16.6. The van der Waals surface area contributed by atoms with Gasteiger partial charge in [0.15, 0.2) is 0 Å². The van der Waals surface area contributed by atoms with Gasteiger partial charge in [-0.3, -0.25) is 0 Å². The lowest BCUT2D eigenvalue weighted by Crippen LogP contribution is -2.60. The van der Waals surface area contributed by atoms with Crippen molar-refractivity contribution in [2.75, 3.05) is 6.54 Å². The fraction of sp³-hybridized carbons (Fsp3) is 0.875. The van der Waals surface area contributed by atoms with Crippen LogP contribution in [0.5, 0.6) is 0 Å². The molecule has 0 spiro atoms. The second-order valence-corrected chi connectivity index (χ2v) is 11.6. The van der Waals surface area contributed by atoms with Crippen molar-refractivity contribution in [2.45, 2.75) is 118 Å². The molecule has 0 bridgehead atoms. The maximum absolute atomic E-state index is 12.6. The van der Waals surface area contributed by atoms with Crippen LogP contribution in [-0.4, -0.2) is 53.7 Å². The van der Waals surface area contributed by atoms with E-state index in [9.17, 15) is 14.4 Å². The summed E-state index contributed by atoms with van der Waals surface area (Å²) in [4.78, 5) is 37.5. The summed E-state index contributed by atoms with van der Waals surface area (Å²) in [5.74, 6) is 0.164. The minimum atomic E-state index is -0.705. The SMILES string of the molecule is CCC(C)C(C)C(NC(=O)OC(C)(C)C)C(CNC(=O)OC(C)(C)C)NC(=O)OC(C)(C)C. The van der Waals surface area contributed by atoms with Gasteiger partial charge in [0.25, 0.3) is 0 Å². The van der Waals surface area contributed by atoms with Crippen LogP contribution in [0.15, 0.2) is 0 Å². The summed E-state index contributed by atoms with van der Waals surface area (Å²) < 4.78 is 16.2. The van der Waals surface area contributed by atoms with E-state index in [2.05, 4.69) is 29.8 Å². The third-order valence-corrected chi connectivity index (χ3v) is 4.79. The predicted molar refractivity (Wildman–Crippen MR) is 129 cm³/mol. The van der Waals surface area contributed by atoms with Gasteiger partial charge in [-0.1, -0.05) is 27.2 Å². The first-order chi connectivity index (χ1) is 14.7. The maximum atomic E-state index is 12.6. The molecule has 0 aliphatic rings. The van der Waals surface area contributed by atoms with E-state index in [1.165, 1.54) is 0 Å². The molecule has 0 rings (SSSR count). The Morgan fingerprint density at radius 2 is 1.09 bits per heavy atom. The third kappa shape index (κ3) is 14.5. The van der Waals surface area contributed by atoms with Gasteiger partial charge in [-0.2, -0.15) is 0 Å². The van der Waals surface area contributed by atoms with Crippen LogP contribution in [0.2, 0.25) is 0 Å². The van der Waals surface area contributed by atoms with Crippen molar-refractivity contribution < 1.29 is 28.6 Å². The Hall–Kier alpha value is -2.19. The van der Waals surface area contributed by atoms with Gasteiger partial charge in [-0.05, 0) is 74.1 Å². The molecule has 0 saturated heterocycles. The highest BCUT2D eigenvalue weighted by molar-refractivity contribution is 5.71. The topological polar surface area (TPSA) is 115 Å². The zero-order chi connectivity index (χ0) is 26.2. The molecule has 3 amide bonds. The van der Waals surface area contributed by atoms with E-state index in [4.69, 9.17) is 14.2 Å². The largest absolute Gasteiger partial charge is 0.444 e. The van der Waals surface area contributed by atoms with E-state index in [0.717, 1.165) is 6.42 Å². The number of carbonyl (C=O) groups is 3. The highest BCUT2D eigenvalue weighted by Crippen LogP contribution is 2.22. The molecule has 33 heavy (non-hydrogen) atoms. The molecule has 0 aliphatic heterocycles. The van der Waals surface area contributed by atoms with Crippen molar-refractivity contribution in [1.29, 1.82) is 0 Å². The van der Waals surface area contributed by atoms with Gasteiger partial charge in [0.1, 0.15) is 16.8 Å². The second-order valence-electron chi connectivity index (χ2n) is 11.6. The minimum Gasteiger partial charge on any atom is -0.444 e. The number of amides is 3. The van der Waals surface area contributed by atoms with Gasteiger partial charge < -0.3 is 30.2 Å². The molecule has 0 aromatic heterocycles. The van der Waals surface area contributed by atoms with E-state index in [0.29, 0.717) is 0 Å². The van der Waals surface area contributed by atoms with Crippen LogP contribution < -0.4 is 16.0 Å². The molecule has 0 aromatic carbocycles. The summed E-state index contributed by atoms with van der Waals surface area (Å²) >= 11 is 0. The minimum absolute atomic E-state index is 0.0232. The first kappa shape index (κ1) is 30.8. The monoisotopic (exact) mass is 473 g/mol. The van der Waals surface area contributed by atoms with Gasteiger partial charge in [0, 0.05) is 6.54 Å². The van der Waals surface area contributed by atoms with Crippen LogP contribution in [0.3, 0.4) is 0 Å². The van der Waals surface area contributed by atoms with Crippen molar-refractivity contribution in [3.63, 3.8) is 0 Å². The molecule has 4 unspecified atom stereocenters. The van der Waals surface area contributed by atoms with E-state index >= 15 is 0 Å². The molecular weight excluding hydrogens is 426 g/mol. The van der Waals surface area contributed by atoms with Crippen LogP contribution in [0.4, 0.5) is 14.4 Å². The molecule has 0 heterocycles. The van der Waals surface area contributed by atoms with Crippen molar-refractivity contribution in [3.05, 3.63) is 0 Å². The molecule has 9 heteroatoms. The maximum Gasteiger partial charge on any atom is 0.408 e. The van der Waals surface area contributed by atoms with Crippen LogP contribution in [0.25, 0.3) is 0 Å². The van der Waals surface area contributed by atoms with Crippen LogP contribution >= 0.6 is 0 Å². The molecule has 0 saturated carbocycles. The number of nitrogens with one attached hydrogen (secondary N) is 3. The van der Waals surface area contributed by atoms with Crippen molar-refractivity contribution in [1.82, 2.24) is 16.0 Å². The van der Waals surface area contributed by atoms with E-state index in [1.807, 2.05) is 6.92 Å². The molecule has 3 N–H and O–H groups in total. The van der Waals surface area contributed by atoms with Crippen LogP contribution in [-0.2, 0) is 14.2 Å². The number of hydrogen-bond donors (Lipinski definition) is 3. The first-order valence-corrected chi connectivity index (χ1v) is 11.7. The molecule has 9 nitrogen and oxygen atoms in total. The zero-order valence-corrected chi connectivity index (χ0v) is 22.7. The smallest absolute Gasteiger partial charge is 0.408 e. The molecule has 194 valence electrons. The van der Waals surface area contributed by atoms with Crippen LogP contribution in [0.1, 0.15) is 89.5 Å². The van der Waals surface area contributed by atoms with E-state index in [-0.39, 0.29) is 18.4 Å². The lowest BCUT2D eigenvalue weighted by Gasteiger charge is -2.36.